The highest BCUT2D eigenvalue weighted by molar-refractivity contribution is 5.37. The molecule has 148 valence electrons. The Morgan fingerprint density at radius 3 is 2.37 bits per heavy atom. The maximum absolute atomic E-state index is 4.26. The summed E-state index contributed by atoms with van der Waals surface area (Å²) in [6.45, 7) is 12.3. The molecule has 1 saturated heterocycles. The standard InChI is InChI=1S/C22H35N5/c1-18-12-19(2)22(17-27-10-8-24(3)9-11-27)13-21(18)16-25(4)7-6-20-14-23-26(5)15-20/h12-15H,6-11,16-17H2,1-5H3. The molecule has 27 heavy (non-hydrogen) atoms. The van der Waals surface area contributed by atoms with E-state index in [9.17, 15) is 0 Å². The van der Waals surface area contributed by atoms with Gasteiger partial charge in [-0.1, -0.05) is 12.1 Å². The van der Waals surface area contributed by atoms with Crippen molar-refractivity contribution in [2.45, 2.75) is 33.4 Å². The molecule has 0 saturated carbocycles. The topological polar surface area (TPSA) is 27.5 Å². The van der Waals surface area contributed by atoms with Gasteiger partial charge < -0.3 is 9.80 Å². The van der Waals surface area contributed by atoms with E-state index in [2.05, 4.69) is 66.1 Å². The van der Waals surface area contributed by atoms with Crippen LogP contribution in [0, 0.1) is 13.8 Å². The van der Waals surface area contributed by atoms with Gasteiger partial charge in [0, 0.05) is 59.1 Å². The van der Waals surface area contributed by atoms with E-state index >= 15 is 0 Å². The highest BCUT2D eigenvalue weighted by Gasteiger charge is 2.16. The minimum absolute atomic E-state index is 1.00. The predicted octanol–water partition coefficient (Wildman–Crippen LogP) is 2.46. The fourth-order valence-corrected chi connectivity index (χ4v) is 3.83. The van der Waals surface area contributed by atoms with E-state index in [1.807, 2.05) is 17.9 Å². The molecule has 0 atom stereocenters. The molecule has 0 spiro atoms. The van der Waals surface area contributed by atoms with E-state index in [1.54, 1.807) is 0 Å². The second-order valence-electron chi connectivity index (χ2n) is 8.29. The third-order valence-corrected chi connectivity index (χ3v) is 5.77. The van der Waals surface area contributed by atoms with Crippen molar-refractivity contribution in [3.05, 3.63) is 52.3 Å². The molecule has 0 unspecified atom stereocenters. The molecule has 1 aromatic carbocycles. The Morgan fingerprint density at radius 1 is 1.00 bits per heavy atom. The maximum Gasteiger partial charge on any atom is 0.0522 e. The van der Waals surface area contributed by atoms with Crippen molar-refractivity contribution in [1.29, 1.82) is 0 Å². The SMILES string of the molecule is Cc1cc(C)c(CN2CCN(C)CC2)cc1CN(C)CCc1cnn(C)c1. The normalized spacial score (nSPS) is 16.4. The molecule has 3 rings (SSSR count). The number of likely N-dealkylation sites (N-methyl/N-ethyl adjacent to an activating group) is 2. The first-order valence-electron chi connectivity index (χ1n) is 10.1. The smallest absolute Gasteiger partial charge is 0.0522 e. The second-order valence-corrected chi connectivity index (χ2v) is 8.29. The zero-order chi connectivity index (χ0) is 19.4. The Morgan fingerprint density at radius 2 is 1.70 bits per heavy atom. The minimum atomic E-state index is 1.00. The fourth-order valence-electron chi connectivity index (χ4n) is 3.83. The summed E-state index contributed by atoms with van der Waals surface area (Å²) in [5, 5.41) is 4.26. The lowest BCUT2D eigenvalue weighted by molar-refractivity contribution is 0.148. The summed E-state index contributed by atoms with van der Waals surface area (Å²) in [5.74, 6) is 0. The first kappa shape index (κ1) is 20.1. The zero-order valence-electron chi connectivity index (χ0n) is 17.7. The van der Waals surface area contributed by atoms with Gasteiger partial charge in [0.1, 0.15) is 0 Å². The minimum Gasteiger partial charge on any atom is -0.304 e. The molecule has 0 radical (unpaired) electrons. The molecule has 1 aromatic heterocycles. The van der Waals surface area contributed by atoms with Crippen molar-refractivity contribution in [1.82, 2.24) is 24.5 Å². The predicted molar refractivity (Wildman–Crippen MR) is 112 cm³/mol. The fraction of sp³-hybridized carbons (Fsp3) is 0.591. The lowest BCUT2D eigenvalue weighted by Gasteiger charge is -2.33. The van der Waals surface area contributed by atoms with Crippen molar-refractivity contribution in [3.63, 3.8) is 0 Å². The van der Waals surface area contributed by atoms with Gasteiger partial charge in [0.25, 0.3) is 0 Å². The van der Waals surface area contributed by atoms with Crippen LogP contribution in [0.2, 0.25) is 0 Å². The van der Waals surface area contributed by atoms with Crippen molar-refractivity contribution in [3.8, 4) is 0 Å². The first-order chi connectivity index (χ1) is 12.9. The summed E-state index contributed by atoms with van der Waals surface area (Å²) >= 11 is 0. The van der Waals surface area contributed by atoms with E-state index in [-0.39, 0.29) is 0 Å². The third kappa shape index (κ3) is 5.64. The van der Waals surface area contributed by atoms with Crippen molar-refractivity contribution in [2.24, 2.45) is 7.05 Å². The molecular formula is C22H35N5. The average Bonchev–Trinajstić information content (AvgIpc) is 3.04. The lowest BCUT2D eigenvalue weighted by Crippen LogP contribution is -2.44. The number of rotatable bonds is 7. The second kappa shape index (κ2) is 9.00. The summed E-state index contributed by atoms with van der Waals surface area (Å²) < 4.78 is 1.88. The number of hydrogen-bond donors (Lipinski definition) is 0. The average molecular weight is 370 g/mol. The van der Waals surface area contributed by atoms with Crippen LogP contribution in [0.1, 0.15) is 27.8 Å². The molecule has 5 heteroatoms. The van der Waals surface area contributed by atoms with E-state index in [4.69, 9.17) is 0 Å². The van der Waals surface area contributed by atoms with Gasteiger partial charge >= 0.3 is 0 Å². The summed E-state index contributed by atoms with van der Waals surface area (Å²) in [5.41, 5.74) is 7.08. The van der Waals surface area contributed by atoms with E-state index < -0.39 is 0 Å². The van der Waals surface area contributed by atoms with Crippen LogP contribution in [0.15, 0.2) is 24.5 Å². The molecule has 5 nitrogen and oxygen atoms in total. The first-order valence-corrected chi connectivity index (χ1v) is 10.1. The van der Waals surface area contributed by atoms with Gasteiger partial charge in [0.05, 0.1) is 6.20 Å². The molecule has 1 aliphatic rings. The van der Waals surface area contributed by atoms with Crippen LogP contribution in [0.25, 0.3) is 0 Å². The van der Waals surface area contributed by atoms with E-state index in [1.165, 1.54) is 54.0 Å². The third-order valence-electron chi connectivity index (χ3n) is 5.77. The number of hydrogen-bond acceptors (Lipinski definition) is 4. The van der Waals surface area contributed by atoms with Crippen LogP contribution >= 0.6 is 0 Å². The monoisotopic (exact) mass is 369 g/mol. The van der Waals surface area contributed by atoms with Crippen molar-refractivity contribution < 1.29 is 0 Å². The van der Waals surface area contributed by atoms with Gasteiger partial charge in [-0.3, -0.25) is 9.58 Å². The zero-order valence-corrected chi connectivity index (χ0v) is 17.7. The summed E-state index contributed by atoms with van der Waals surface area (Å²) in [7, 11) is 6.41. The van der Waals surface area contributed by atoms with Crippen molar-refractivity contribution in [2.75, 3.05) is 46.8 Å². The number of nitrogens with zero attached hydrogens (tertiary/aromatic N) is 5. The highest BCUT2D eigenvalue weighted by Crippen LogP contribution is 2.20. The molecule has 1 aliphatic heterocycles. The summed E-state index contributed by atoms with van der Waals surface area (Å²) in [6, 6.07) is 4.82. The van der Waals surface area contributed by atoms with Crippen LogP contribution < -0.4 is 0 Å². The van der Waals surface area contributed by atoms with Crippen LogP contribution in [-0.4, -0.2) is 71.3 Å². The largest absolute Gasteiger partial charge is 0.304 e. The lowest BCUT2D eigenvalue weighted by atomic mass is 9.99. The van der Waals surface area contributed by atoms with Gasteiger partial charge in [0.2, 0.25) is 0 Å². The molecule has 0 N–H and O–H groups in total. The number of benzene rings is 1. The van der Waals surface area contributed by atoms with Crippen LogP contribution in [0.5, 0.6) is 0 Å². The Kier molecular flexibility index (Phi) is 6.68. The Bertz CT molecular complexity index is 743. The molecule has 2 heterocycles. The van der Waals surface area contributed by atoms with E-state index in [0.717, 1.165) is 26.1 Å². The van der Waals surface area contributed by atoms with Crippen LogP contribution in [0.3, 0.4) is 0 Å². The summed E-state index contributed by atoms with van der Waals surface area (Å²) in [4.78, 5) is 7.43. The van der Waals surface area contributed by atoms with Gasteiger partial charge in [-0.05, 0) is 62.2 Å². The Hall–Kier alpha value is -1.69. The number of aromatic nitrogens is 2. The van der Waals surface area contributed by atoms with Gasteiger partial charge in [0.15, 0.2) is 0 Å². The Balaban J connectivity index is 1.60. The van der Waals surface area contributed by atoms with Gasteiger partial charge in [-0.2, -0.15) is 5.10 Å². The van der Waals surface area contributed by atoms with Crippen LogP contribution in [-0.2, 0) is 26.6 Å². The number of aryl methyl sites for hydroxylation is 3. The van der Waals surface area contributed by atoms with Gasteiger partial charge in [-0.25, -0.2) is 0 Å². The molecule has 0 amide bonds. The van der Waals surface area contributed by atoms with Gasteiger partial charge in [-0.15, -0.1) is 0 Å². The van der Waals surface area contributed by atoms with Crippen molar-refractivity contribution >= 4 is 0 Å². The highest BCUT2D eigenvalue weighted by atomic mass is 15.2. The Labute approximate surface area is 164 Å². The van der Waals surface area contributed by atoms with Crippen LogP contribution in [0.4, 0.5) is 0 Å². The summed E-state index contributed by atoms with van der Waals surface area (Å²) in [6.07, 6.45) is 5.13. The quantitative estimate of drug-likeness (QED) is 0.749. The molecular weight excluding hydrogens is 334 g/mol. The maximum atomic E-state index is 4.26. The number of piperazine rings is 1. The molecule has 1 fully saturated rings. The van der Waals surface area contributed by atoms with E-state index in [0.29, 0.717) is 0 Å². The molecule has 2 aromatic rings. The molecule has 0 bridgehead atoms. The molecule has 0 aliphatic carbocycles.